The van der Waals surface area contributed by atoms with Crippen molar-refractivity contribution in [1.82, 2.24) is 4.90 Å². The van der Waals surface area contributed by atoms with Crippen molar-refractivity contribution in [2.24, 2.45) is 5.92 Å². The summed E-state index contributed by atoms with van der Waals surface area (Å²) in [5, 5.41) is 8.26. The van der Waals surface area contributed by atoms with E-state index in [9.17, 15) is 13.6 Å². The van der Waals surface area contributed by atoms with Crippen LogP contribution in [0.15, 0.2) is 0 Å². The molecule has 1 N–H and O–H groups in total. The first-order valence-electron chi connectivity index (χ1n) is 5.21. The fourth-order valence-corrected chi connectivity index (χ4v) is 2.00. The maximum Gasteiger partial charge on any atom is 0.374 e. The monoisotopic (exact) mass is 221 g/mol. The van der Waals surface area contributed by atoms with E-state index in [-0.39, 0.29) is 5.92 Å². The Morgan fingerprint density at radius 1 is 1.60 bits per heavy atom. The van der Waals surface area contributed by atoms with Gasteiger partial charge in [-0.15, -0.1) is 0 Å². The summed E-state index contributed by atoms with van der Waals surface area (Å²) in [6.45, 7) is 1.81. The van der Waals surface area contributed by atoms with Gasteiger partial charge in [0.25, 0.3) is 0 Å². The number of likely N-dealkylation sites (tertiary alicyclic amines) is 1. The molecular weight excluding hydrogens is 204 g/mol. The quantitative estimate of drug-likeness (QED) is 0.787. The molecular formula is C10H17F2NO2. The molecule has 5 heteroatoms. The lowest BCUT2D eigenvalue weighted by Gasteiger charge is -2.30. The van der Waals surface area contributed by atoms with Crippen molar-refractivity contribution in [1.29, 1.82) is 0 Å². The Morgan fingerprint density at radius 3 is 2.80 bits per heavy atom. The van der Waals surface area contributed by atoms with Crippen LogP contribution in [0.4, 0.5) is 8.78 Å². The van der Waals surface area contributed by atoms with Gasteiger partial charge < -0.3 is 10.0 Å². The van der Waals surface area contributed by atoms with Gasteiger partial charge >= 0.3 is 11.9 Å². The van der Waals surface area contributed by atoms with E-state index in [1.54, 1.807) is 0 Å². The molecule has 15 heavy (non-hydrogen) atoms. The second-order valence-electron chi connectivity index (χ2n) is 4.32. The highest BCUT2D eigenvalue weighted by atomic mass is 19.3. The summed E-state index contributed by atoms with van der Waals surface area (Å²) in [6.07, 6.45) is 1.70. The third kappa shape index (κ3) is 3.74. The molecule has 88 valence electrons. The second-order valence-corrected chi connectivity index (χ2v) is 4.32. The van der Waals surface area contributed by atoms with Gasteiger partial charge in [0.05, 0.1) is 0 Å². The molecule has 0 saturated carbocycles. The molecule has 0 aliphatic carbocycles. The van der Waals surface area contributed by atoms with Crippen molar-refractivity contribution in [3.63, 3.8) is 0 Å². The van der Waals surface area contributed by atoms with E-state index < -0.39 is 18.3 Å². The van der Waals surface area contributed by atoms with Crippen LogP contribution >= 0.6 is 0 Å². The predicted molar refractivity (Wildman–Crippen MR) is 52.0 cm³/mol. The van der Waals surface area contributed by atoms with Gasteiger partial charge in [0.2, 0.25) is 0 Å². The summed E-state index contributed by atoms with van der Waals surface area (Å²) < 4.78 is 25.6. The number of rotatable bonds is 4. The molecule has 0 aromatic heterocycles. The smallest absolute Gasteiger partial charge is 0.374 e. The first-order chi connectivity index (χ1) is 6.92. The second kappa shape index (κ2) is 4.88. The molecule has 0 bridgehead atoms. The van der Waals surface area contributed by atoms with Crippen molar-refractivity contribution in [2.75, 3.05) is 20.1 Å². The SMILES string of the molecule is CN1CCCC(CCC(F)(F)C(=O)O)C1. The van der Waals surface area contributed by atoms with Crippen LogP contribution in [0.3, 0.4) is 0 Å². The molecule has 1 aliphatic heterocycles. The fourth-order valence-electron chi connectivity index (χ4n) is 2.00. The van der Waals surface area contributed by atoms with E-state index in [0.29, 0.717) is 6.42 Å². The van der Waals surface area contributed by atoms with Crippen LogP contribution in [-0.2, 0) is 4.79 Å². The van der Waals surface area contributed by atoms with Gasteiger partial charge in [0.15, 0.2) is 0 Å². The molecule has 1 aliphatic rings. The van der Waals surface area contributed by atoms with Crippen LogP contribution in [0, 0.1) is 5.92 Å². The minimum absolute atomic E-state index is 0.217. The highest BCUT2D eigenvalue weighted by Gasteiger charge is 2.38. The topological polar surface area (TPSA) is 40.5 Å². The van der Waals surface area contributed by atoms with E-state index >= 15 is 0 Å². The zero-order valence-electron chi connectivity index (χ0n) is 8.88. The minimum atomic E-state index is -3.56. The van der Waals surface area contributed by atoms with Gasteiger partial charge in [0, 0.05) is 13.0 Å². The van der Waals surface area contributed by atoms with E-state index in [1.165, 1.54) is 0 Å². The van der Waals surface area contributed by atoms with Gasteiger partial charge in [-0.1, -0.05) is 0 Å². The maximum atomic E-state index is 12.8. The van der Waals surface area contributed by atoms with Gasteiger partial charge in [-0.2, -0.15) is 8.78 Å². The lowest BCUT2D eigenvalue weighted by atomic mass is 9.92. The zero-order valence-corrected chi connectivity index (χ0v) is 8.88. The summed E-state index contributed by atoms with van der Waals surface area (Å²) in [4.78, 5) is 12.3. The lowest BCUT2D eigenvalue weighted by molar-refractivity contribution is -0.166. The average molecular weight is 221 g/mol. The van der Waals surface area contributed by atoms with Crippen LogP contribution in [0.25, 0.3) is 0 Å². The standard InChI is InChI=1S/C10H17F2NO2/c1-13-6-2-3-8(7-13)4-5-10(11,12)9(14)15/h8H,2-7H2,1H3,(H,14,15). The number of piperidine rings is 1. The molecule has 1 unspecified atom stereocenters. The van der Waals surface area contributed by atoms with Crippen LogP contribution < -0.4 is 0 Å². The highest BCUT2D eigenvalue weighted by molar-refractivity contribution is 5.75. The number of aliphatic carboxylic acids is 1. The molecule has 1 saturated heterocycles. The van der Waals surface area contributed by atoms with Crippen LogP contribution in [0.1, 0.15) is 25.7 Å². The third-order valence-electron chi connectivity index (χ3n) is 2.90. The van der Waals surface area contributed by atoms with Crippen molar-refractivity contribution in [3.05, 3.63) is 0 Å². The summed E-state index contributed by atoms with van der Waals surface area (Å²) in [5.74, 6) is -5.35. The first-order valence-corrected chi connectivity index (χ1v) is 5.21. The van der Waals surface area contributed by atoms with Gasteiger partial charge in [-0.25, -0.2) is 4.79 Å². The summed E-state index contributed by atoms with van der Waals surface area (Å²) in [5.41, 5.74) is 0. The number of alkyl halides is 2. The molecule has 1 heterocycles. The molecule has 1 fully saturated rings. The molecule has 1 rings (SSSR count). The van der Waals surface area contributed by atoms with Crippen LogP contribution in [0.5, 0.6) is 0 Å². The van der Waals surface area contributed by atoms with Gasteiger partial charge in [-0.3, -0.25) is 0 Å². The summed E-state index contributed by atoms with van der Waals surface area (Å²) in [6, 6.07) is 0. The van der Waals surface area contributed by atoms with E-state index in [2.05, 4.69) is 4.90 Å². The largest absolute Gasteiger partial charge is 0.477 e. The van der Waals surface area contributed by atoms with E-state index in [1.807, 2.05) is 7.05 Å². The molecule has 0 aromatic carbocycles. The molecule has 0 spiro atoms. The van der Waals surface area contributed by atoms with Crippen LogP contribution in [0.2, 0.25) is 0 Å². The first kappa shape index (κ1) is 12.4. The highest BCUT2D eigenvalue weighted by Crippen LogP contribution is 2.27. The van der Waals surface area contributed by atoms with Crippen LogP contribution in [-0.4, -0.2) is 42.0 Å². The Balaban J connectivity index is 2.33. The molecule has 0 amide bonds. The molecule has 0 aromatic rings. The number of carboxylic acid groups (broad SMARTS) is 1. The predicted octanol–water partition coefficient (Wildman–Crippen LogP) is 1.83. The van der Waals surface area contributed by atoms with Gasteiger partial charge in [-0.05, 0) is 38.8 Å². The van der Waals surface area contributed by atoms with E-state index in [4.69, 9.17) is 5.11 Å². The Labute approximate surface area is 88.1 Å². The normalized spacial score (nSPS) is 24.1. The number of hydrogen-bond acceptors (Lipinski definition) is 2. The van der Waals surface area contributed by atoms with E-state index in [0.717, 1.165) is 25.9 Å². The van der Waals surface area contributed by atoms with Crippen molar-refractivity contribution in [3.8, 4) is 0 Å². The van der Waals surface area contributed by atoms with Crippen molar-refractivity contribution in [2.45, 2.75) is 31.6 Å². The zero-order chi connectivity index (χ0) is 11.5. The Morgan fingerprint density at radius 2 is 2.27 bits per heavy atom. The Hall–Kier alpha value is -0.710. The Bertz CT molecular complexity index is 233. The number of carbonyl (C=O) groups is 1. The van der Waals surface area contributed by atoms with Gasteiger partial charge in [0.1, 0.15) is 0 Å². The summed E-state index contributed by atoms with van der Waals surface area (Å²) >= 11 is 0. The van der Waals surface area contributed by atoms with Crippen molar-refractivity contribution < 1.29 is 18.7 Å². The number of hydrogen-bond donors (Lipinski definition) is 1. The maximum absolute atomic E-state index is 12.8. The average Bonchev–Trinajstić information content (AvgIpc) is 2.15. The minimum Gasteiger partial charge on any atom is -0.477 e. The number of halogens is 2. The number of carboxylic acids is 1. The molecule has 3 nitrogen and oxygen atoms in total. The Kier molecular flexibility index (Phi) is 4.02. The van der Waals surface area contributed by atoms with Crippen molar-refractivity contribution >= 4 is 5.97 Å². The number of nitrogens with zero attached hydrogens (tertiary/aromatic N) is 1. The third-order valence-corrected chi connectivity index (χ3v) is 2.90. The fraction of sp³-hybridized carbons (Fsp3) is 0.900. The molecule has 1 atom stereocenters. The molecule has 0 radical (unpaired) electrons. The lowest BCUT2D eigenvalue weighted by Crippen LogP contribution is -2.34. The summed E-state index contributed by atoms with van der Waals surface area (Å²) in [7, 11) is 1.96.